The molecule has 90 valence electrons. The molecule has 0 amide bonds. The van der Waals surface area contributed by atoms with Gasteiger partial charge in [0.25, 0.3) is 0 Å². The number of carbonyl (C=O) groups excluding carboxylic acids is 1. The van der Waals surface area contributed by atoms with Crippen LogP contribution in [0.25, 0.3) is 0 Å². The molecule has 5 heteroatoms. The Morgan fingerprint density at radius 3 is 2.88 bits per heavy atom. The third-order valence-electron chi connectivity index (χ3n) is 2.06. The largest absolute Gasteiger partial charge is 0.373 e. The van der Waals surface area contributed by atoms with E-state index >= 15 is 0 Å². The number of hydrogen-bond donors (Lipinski definition) is 0. The third kappa shape index (κ3) is 4.10. The van der Waals surface area contributed by atoms with E-state index in [-0.39, 0.29) is 18.1 Å². The molecule has 0 fully saturated rings. The van der Waals surface area contributed by atoms with Crippen LogP contribution in [-0.4, -0.2) is 22.5 Å². The molecule has 16 heavy (non-hydrogen) atoms. The monoisotopic (exact) mass is 226 g/mol. The van der Waals surface area contributed by atoms with Gasteiger partial charge in [-0.3, -0.25) is 4.79 Å². The van der Waals surface area contributed by atoms with Gasteiger partial charge in [0.2, 0.25) is 5.89 Å². The van der Waals surface area contributed by atoms with E-state index in [2.05, 4.69) is 10.1 Å². The molecule has 1 rings (SSSR count). The second kappa shape index (κ2) is 6.37. The van der Waals surface area contributed by atoms with Gasteiger partial charge in [0.15, 0.2) is 5.82 Å². The summed E-state index contributed by atoms with van der Waals surface area (Å²) in [5.41, 5.74) is 0. The van der Waals surface area contributed by atoms with Crippen LogP contribution in [0.5, 0.6) is 0 Å². The fourth-order valence-electron chi connectivity index (χ4n) is 1.08. The smallest absolute Gasteiger partial charge is 0.234 e. The lowest BCUT2D eigenvalue weighted by molar-refractivity contribution is -0.121. The number of hydrogen-bond acceptors (Lipinski definition) is 5. The summed E-state index contributed by atoms with van der Waals surface area (Å²) >= 11 is 0. The summed E-state index contributed by atoms with van der Waals surface area (Å²) in [4.78, 5) is 15.5. The molecular formula is C11H18N2O3. The molecule has 0 bridgehead atoms. The Hall–Kier alpha value is -1.23. The van der Waals surface area contributed by atoms with Gasteiger partial charge in [-0.05, 0) is 6.42 Å². The van der Waals surface area contributed by atoms with Gasteiger partial charge in [-0.25, -0.2) is 0 Å². The maximum Gasteiger partial charge on any atom is 0.234 e. The minimum absolute atomic E-state index is 0.00769. The van der Waals surface area contributed by atoms with Crippen LogP contribution in [0.4, 0.5) is 0 Å². The second-order valence-electron chi connectivity index (χ2n) is 3.95. The molecule has 0 saturated heterocycles. The number of ether oxygens (including phenoxy) is 1. The van der Waals surface area contributed by atoms with E-state index in [1.165, 1.54) is 0 Å². The van der Waals surface area contributed by atoms with Crippen molar-refractivity contribution in [2.24, 2.45) is 5.92 Å². The van der Waals surface area contributed by atoms with Gasteiger partial charge >= 0.3 is 0 Å². The Bertz CT molecular complexity index is 334. The van der Waals surface area contributed by atoms with Crippen molar-refractivity contribution in [2.45, 2.75) is 40.2 Å². The van der Waals surface area contributed by atoms with E-state index in [1.807, 2.05) is 20.8 Å². The molecule has 0 unspecified atom stereocenters. The molecule has 1 aromatic heterocycles. The van der Waals surface area contributed by atoms with Crippen LogP contribution in [-0.2, 0) is 22.6 Å². The molecule has 0 aliphatic rings. The van der Waals surface area contributed by atoms with Crippen LogP contribution in [0.3, 0.4) is 0 Å². The average molecular weight is 226 g/mol. The minimum Gasteiger partial charge on any atom is -0.373 e. The van der Waals surface area contributed by atoms with Gasteiger partial charge in [-0.2, -0.15) is 4.98 Å². The molecule has 0 atom stereocenters. The van der Waals surface area contributed by atoms with Crippen LogP contribution >= 0.6 is 0 Å². The van der Waals surface area contributed by atoms with E-state index in [4.69, 9.17) is 9.26 Å². The Labute approximate surface area is 95.2 Å². The molecule has 0 saturated carbocycles. The number of carbonyl (C=O) groups is 1. The van der Waals surface area contributed by atoms with Crippen LogP contribution in [0.1, 0.15) is 38.9 Å². The summed E-state index contributed by atoms with van der Waals surface area (Å²) in [6, 6.07) is 0. The first-order chi connectivity index (χ1) is 7.63. The van der Waals surface area contributed by atoms with Crippen molar-refractivity contribution < 1.29 is 14.1 Å². The first-order valence-electron chi connectivity index (χ1n) is 5.55. The first kappa shape index (κ1) is 12.8. The van der Waals surface area contributed by atoms with Gasteiger partial charge in [-0.1, -0.05) is 25.9 Å². The summed E-state index contributed by atoms with van der Waals surface area (Å²) in [7, 11) is 0. The zero-order chi connectivity index (χ0) is 12.0. The predicted molar refractivity (Wildman–Crippen MR) is 57.8 cm³/mol. The highest BCUT2D eigenvalue weighted by Gasteiger charge is 2.13. The Morgan fingerprint density at radius 1 is 1.50 bits per heavy atom. The maximum absolute atomic E-state index is 11.4. The van der Waals surface area contributed by atoms with Crippen molar-refractivity contribution >= 4 is 5.78 Å². The zero-order valence-corrected chi connectivity index (χ0v) is 10.0. The van der Waals surface area contributed by atoms with Crippen LogP contribution in [0.2, 0.25) is 0 Å². The van der Waals surface area contributed by atoms with E-state index in [0.29, 0.717) is 24.9 Å². The molecule has 0 radical (unpaired) electrons. The molecular weight excluding hydrogens is 208 g/mol. The number of ketones is 1. The maximum atomic E-state index is 11.4. The first-order valence-corrected chi connectivity index (χ1v) is 5.55. The van der Waals surface area contributed by atoms with E-state index in [1.54, 1.807) is 0 Å². The van der Waals surface area contributed by atoms with Gasteiger partial charge in [0.1, 0.15) is 12.4 Å². The highest BCUT2D eigenvalue weighted by molar-refractivity contribution is 5.81. The minimum atomic E-state index is -0.00769. The zero-order valence-electron chi connectivity index (χ0n) is 10.0. The van der Waals surface area contributed by atoms with Crippen molar-refractivity contribution in [2.75, 3.05) is 6.61 Å². The standard InChI is InChI=1S/C11H18N2O3/c1-4-5-15-7-10-12-11(16-13-10)6-9(14)8(2)3/h8H,4-7H2,1-3H3. The van der Waals surface area contributed by atoms with E-state index in [0.717, 1.165) is 6.42 Å². The Morgan fingerprint density at radius 2 is 2.25 bits per heavy atom. The normalized spacial score (nSPS) is 11.0. The molecule has 0 aliphatic heterocycles. The summed E-state index contributed by atoms with van der Waals surface area (Å²) in [5.74, 6) is 0.963. The summed E-state index contributed by atoms with van der Waals surface area (Å²) in [5, 5.41) is 3.74. The van der Waals surface area contributed by atoms with Crippen molar-refractivity contribution in [3.8, 4) is 0 Å². The average Bonchev–Trinajstić information content (AvgIpc) is 2.66. The van der Waals surface area contributed by atoms with Gasteiger partial charge in [0, 0.05) is 12.5 Å². The molecule has 0 aliphatic carbocycles. The van der Waals surface area contributed by atoms with Crippen LogP contribution in [0, 0.1) is 5.92 Å². The number of aromatic nitrogens is 2. The highest BCUT2D eigenvalue weighted by Crippen LogP contribution is 2.04. The molecule has 0 spiro atoms. The Kier molecular flexibility index (Phi) is 5.11. The van der Waals surface area contributed by atoms with Crippen molar-refractivity contribution in [3.63, 3.8) is 0 Å². The van der Waals surface area contributed by atoms with E-state index < -0.39 is 0 Å². The van der Waals surface area contributed by atoms with Crippen LogP contribution in [0.15, 0.2) is 4.52 Å². The summed E-state index contributed by atoms with van der Waals surface area (Å²) in [6.45, 7) is 6.75. The SMILES string of the molecule is CCCOCc1noc(CC(=O)C(C)C)n1. The highest BCUT2D eigenvalue weighted by atomic mass is 16.5. The molecule has 0 N–H and O–H groups in total. The van der Waals surface area contributed by atoms with Crippen LogP contribution < -0.4 is 0 Å². The quantitative estimate of drug-likeness (QED) is 0.663. The number of nitrogens with zero attached hydrogens (tertiary/aromatic N) is 2. The number of rotatable bonds is 7. The molecule has 1 heterocycles. The van der Waals surface area contributed by atoms with Crippen molar-refractivity contribution in [3.05, 3.63) is 11.7 Å². The fourth-order valence-corrected chi connectivity index (χ4v) is 1.08. The fraction of sp³-hybridized carbons (Fsp3) is 0.727. The van der Waals surface area contributed by atoms with Gasteiger partial charge in [0.05, 0.1) is 6.42 Å². The molecule has 1 aromatic rings. The molecule has 0 aromatic carbocycles. The van der Waals surface area contributed by atoms with Crippen molar-refractivity contribution in [1.29, 1.82) is 0 Å². The number of Topliss-reactive ketones (excluding diaryl/α,β-unsaturated/α-hetero) is 1. The topological polar surface area (TPSA) is 65.2 Å². The Balaban J connectivity index is 2.42. The lowest BCUT2D eigenvalue weighted by atomic mass is 10.1. The predicted octanol–water partition coefficient (Wildman–Crippen LogP) is 1.76. The van der Waals surface area contributed by atoms with E-state index in [9.17, 15) is 4.79 Å². The molecule has 5 nitrogen and oxygen atoms in total. The van der Waals surface area contributed by atoms with Crippen molar-refractivity contribution in [1.82, 2.24) is 10.1 Å². The van der Waals surface area contributed by atoms with Gasteiger partial charge < -0.3 is 9.26 Å². The lowest BCUT2D eigenvalue weighted by Crippen LogP contribution is -2.10. The van der Waals surface area contributed by atoms with Gasteiger partial charge in [-0.15, -0.1) is 0 Å². The second-order valence-corrected chi connectivity index (χ2v) is 3.95. The summed E-state index contributed by atoms with van der Waals surface area (Å²) in [6.07, 6.45) is 1.16. The third-order valence-corrected chi connectivity index (χ3v) is 2.06. The summed E-state index contributed by atoms with van der Waals surface area (Å²) < 4.78 is 10.2. The lowest BCUT2D eigenvalue weighted by Gasteiger charge is -1.98.